The number of hydrogen-bond donors (Lipinski definition) is 3. The topological polar surface area (TPSA) is 56.9 Å². The summed E-state index contributed by atoms with van der Waals surface area (Å²) in [5.41, 5.74) is 8.29. The van der Waals surface area contributed by atoms with Crippen molar-refractivity contribution in [2.24, 2.45) is 0 Å². The first-order valence-electron chi connectivity index (χ1n) is 11.0. The van der Waals surface area contributed by atoms with Crippen molar-refractivity contribution in [1.29, 1.82) is 0 Å². The number of aromatic amines is 1. The van der Waals surface area contributed by atoms with E-state index in [9.17, 15) is 4.79 Å². The third-order valence-electron chi connectivity index (χ3n) is 6.75. The van der Waals surface area contributed by atoms with E-state index in [1.807, 2.05) is 17.4 Å². The number of benzene rings is 2. The summed E-state index contributed by atoms with van der Waals surface area (Å²) < 4.78 is 0. The molecule has 4 nitrogen and oxygen atoms in total. The number of rotatable bonds is 4. The number of thiophene rings is 1. The Labute approximate surface area is 185 Å². The lowest BCUT2D eigenvalue weighted by atomic mass is 9.90. The van der Waals surface area contributed by atoms with Crippen LogP contribution in [0.3, 0.4) is 0 Å². The molecule has 2 aromatic carbocycles. The van der Waals surface area contributed by atoms with Crippen LogP contribution in [-0.2, 0) is 13.0 Å². The maximum absolute atomic E-state index is 11.9. The molecular weight excluding hydrogens is 402 g/mol. The Morgan fingerprint density at radius 3 is 2.87 bits per heavy atom. The maximum Gasteiger partial charge on any atom is 0.251 e. The van der Waals surface area contributed by atoms with Gasteiger partial charge in [0.25, 0.3) is 5.91 Å². The number of H-pyrrole nitrogens is 1. The summed E-state index contributed by atoms with van der Waals surface area (Å²) in [5.74, 6) is 0.0343. The van der Waals surface area contributed by atoms with Gasteiger partial charge >= 0.3 is 0 Å². The zero-order valence-electron chi connectivity index (χ0n) is 17.5. The molecule has 1 amide bonds. The van der Waals surface area contributed by atoms with E-state index in [2.05, 4.69) is 70.4 Å². The second-order valence-corrected chi connectivity index (χ2v) is 9.66. The van der Waals surface area contributed by atoms with Crippen LogP contribution in [0.4, 0.5) is 0 Å². The summed E-state index contributed by atoms with van der Waals surface area (Å²) in [5, 5.41) is 10.2. The normalized spacial score (nSPS) is 18.6. The van der Waals surface area contributed by atoms with Crippen LogP contribution >= 0.6 is 11.3 Å². The molecule has 3 N–H and O–H groups in total. The quantitative estimate of drug-likeness (QED) is 0.382. The maximum atomic E-state index is 11.9. The SMILES string of the molecule is CC(NC1CCCc2c1[nH]c1ccc(-c3ccc4c(c3)CNC4=O)cc21)c1cccs1. The van der Waals surface area contributed by atoms with Crippen molar-refractivity contribution in [3.63, 3.8) is 0 Å². The Kier molecular flexibility index (Phi) is 4.47. The molecule has 0 saturated carbocycles. The first-order chi connectivity index (χ1) is 15.2. The Bertz CT molecular complexity index is 1290. The van der Waals surface area contributed by atoms with Crippen molar-refractivity contribution in [1.82, 2.24) is 15.6 Å². The second kappa shape index (κ2) is 7.36. The lowest BCUT2D eigenvalue weighted by Crippen LogP contribution is -2.27. The van der Waals surface area contributed by atoms with Crippen molar-refractivity contribution in [2.75, 3.05) is 0 Å². The van der Waals surface area contributed by atoms with E-state index in [-0.39, 0.29) is 5.91 Å². The predicted octanol–water partition coefficient (Wildman–Crippen LogP) is 5.87. The first kappa shape index (κ1) is 18.8. The minimum absolute atomic E-state index is 0.0343. The van der Waals surface area contributed by atoms with Crippen LogP contribution in [0.25, 0.3) is 22.0 Å². The number of aromatic nitrogens is 1. The summed E-state index contributed by atoms with van der Waals surface area (Å²) in [4.78, 5) is 17.0. The Hall–Kier alpha value is -2.89. The highest BCUT2D eigenvalue weighted by Crippen LogP contribution is 2.38. The summed E-state index contributed by atoms with van der Waals surface area (Å²) in [6, 6.07) is 17.9. The van der Waals surface area contributed by atoms with Gasteiger partial charge in [-0.15, -0.1) is 11.3 Å². The standard InChI is InChI=1S/C26H25N3OS/c1-15(24-6-3-11-31-24)28-23-5-2-4-20-21-13-17(8-10-22(21)29-25(20)23)16-7-9-19-18(12-16)14-27-26(19)30/h3,6-13,15,23,28-29H,2,4-5,14H2,1H3,(H,27,30). The highest BCUT2D eigenvalue weighted by molar-refractivity contribution is 7.10. The zero-order valence-corrected chi connectivity index (χ0v) is 18.3. The number of fused-ring (bicyclic) bond motifs is 4. The highest BCUT2D eigenvalue weighted by Gasteiger charge is 2.26. The van der Waals surface area contributed by atoms with Crippen molar-refractivity contribution >= 4 is 28.1 Å². The summed E-state index contributed by atoms with van der Waals surface area (Å²) >= 11 is 1.82. The van der Waals surface area contributed by atoms with Crippen LogP contribution in [-0.4, -0.2) is 10.9 Å². The molecule has 5 heteroatoms. The number of carbonyl (C=O) groups is 1. The average Bonchev–Trinajstić information content (AvgIpc) is 3.53. The van der Waals surface area contributed by atoms with Crippen LogP contribution < -0.4 is 10.6 Å². The molecule has 0 spiro atoms. The molecule has 0 fully saturated rings. The molecule has 0 radical (unpaired) electrons. The highest BCUT2D eigenvalue weighted by atomic mass is 32.1. The molecule has 4 aromatic rings. The lowest BCUT2D eigenvalue weighted by Gasteiger charge is -2.27. The van der Waals surface area contributed by atoms with Gasteiger partial charge in [-0.05, 0) is 84.2 Å². The van der Waals surface area contributed by atoms with Crippen LogP contribution in [0.1, 0.15) is 63.9 Å². The van der Waals surface area contributed by atoms with Gasteiger partial charge in [-0.3, -0.25) is 4.79 Å². The number of carbonyl (C=O) groups excluding carboxylic acids is 1. The van der Waals surface area contributed by atoms with Gasteiger partial charge in [0, 0.05) is 45.7 Å². The Morgan fingerprint density at radius 2 is 2.00 bits per heavy atom. The fraction of sp³-hybridized carbons (Fsp3) is 0.269. The van der Waals surface area contributed by atoms with Gasteiger partial charge in [0.1, 0.15) is 0 Å². The summed E-state index contributed by atoms with van der Waals surface area (Å²) in [6.07, 6.45) is 3.48. The first-order valence-corrected chi connectivity index (χ1v) is 11.9. The van der Waals surface area contributed by atoms with Gasteiger partial charge in [-0.1, -0.05) is 18.2 Å². The van der Waals surface area contributed by atoms with Crippen LogP contribution in [0.5, 0.6) is 0 Å². The molecule has 2 aliphatic rings. The van der Waals surface area contributed by atoms with Crippen molar-refractivity contribution in [3.05, 3.63) is 81.2 Å². The van der Waals surface area contributed by atoms with E-state index in [0.29, 0.717) is 18.6 Å². The lowest BCUT2D eigenvalue weighted by molar-refractivity contribution is 0.0966. The number of aryl methyl sites for hydroxylation is 1. The fourth-order valence-corrected chi connectivity index (χ4v) is 5.89. The van der Waals surface area contributed by atoms with E-state index in [4.69, 9.17) is 0 Å². The molecule has 156 valence electrons. The third kappa shape index (κ3) is 3.20. The van der Waals surface area contributed by atoms with Crippen LogP contribution in [0, 0.1) is 0 Å². The Morgan fingerprint density at radius 1 is 1.13 bits per heavy atom. The third-order valence-corrected chi connectivity index (χ3v) is 7.81. The summed E-state index contributed by atoms with van der Waals surface area (Å²) in [7, 11) is 0. The van der Waals surface area contributed by atoms with Crippen molar-refractivity contribution < 1.29 is 4.79 Å². The van der Waals surface area contributed by atoms with Crippen LogP contribution in [0.15, 0.2) is 53.9 Å². The molecule has 0 bridgehead atoms. The molecule has 2 aromatic heterocycles. The predicted molar refractivity (Wildman–Crippen MR) is 126 cm³/mol. The minimum atomic E-state index is 0.0343. The monoisotopic (exact) mass is 427 g/mol. The minimum Gasteiger partial charge on any atom is -0.357 e. The molecule has 6 rings (SSSR count). The molecule has 0 saturated heterocycles. The van der Waals surface area contributed by atoms with Gasteiger partial charge in [-0.2, -0.15) is 0 Å². The van der Waals surface area contributed by atoms with E-state index in [1.54, 1.807) is 0 Å². The molecular formula is C26H25N3OS. The Balaban J connectivity index is 1.35. The van der Waals surface area contributed by atoms with E-state index in [0.717, 1.165) is 24.0 Å². The van der Waals surface area contributed by atoms with Gasteiger partial charge in [-0.25, -0.2) is 0 Å². The van der Waals surface area contributed by atoms with E-state index >= 15 is 0 Å². The second-order valence-electron chi connectivity index (χ2n) is 8.68. The van der Waals surface area contributed by atoms with Gasteiger partial charge in [0.05, 0.1) is 0 Å². The number of nitrogens with one attached hydrogen (secondary N) is 3. The average molecular weight is 428 g/mol. The van der Waals surface area contributed by atoms with Gasteiger partial charge in [0.2, 0.25) is 0 Å². The molecule has 3 heterocycles. The molecule has 2 atom stereocenters. The molecule has 2 unspecified atom stereocenters. The molecule has 1 aliphatic carbocycles. The van der Waals surface area contributed by atoms with Crippen molar-refractivity contribution in [2.45, 2.75) is 44.8 Å². The van der Waals surface area contributed by atoms with Crippen LogP contribution in [0.2, 0.25) is 0 Å². The largest absolute Gasteiger partial charge is 0.357 e. The van der Waals surface area contributed by atoms with Crippen molar-refractivity contribution in [3.8, 4) is 11.1 Å². The van der Waals surface area contributed by atoms with E-state index < -0.39 is 0 Å². The smallest absolute Gasteiger partial charge is 0.251 e. The summed E-state index contributed by atoms with van der Waals surface area (Å²) in [6.45, 7) is 2.88. The molecule has 1 aliphatic heterocycles. The fourth-order valence-electron chi connectivity index (χ4n) is 5.14. The number of amides is 1. The number of hydrogen-bond acceptors (Lipinski definition) is 3. The zero-order chi connectivity index (χ0) is 20.9. The van der Waals surface area contributed by atoms with Gasteiger partial charge in [0.15, 0.2) is 0 Å². The molecule has 31 heavy (non-hydrogen) atoms. The van der Waals surface area contributed by atoms with E-state index in [1.165, 1.54) is 44.6 Å². The van der Waals surface area contributed by atoms with Gasteiger partial charge < -0.3 is 15.6 Å².